The average Bonchev–Trinajstić information content (AvgIpc) is 3.17. The van der Waals surface area contributed by atoms with Gasteiger partial charge in [0.25, 0.3) is 5.91 Å². The fraction of sp³-hybridized carbons (Fsp3) is 0.333. The Labute approximate surface area is 158 Å². The first-order valence-electron chi connectivity index (χ1n) is 9.14. The maximum Gasteiger partial charge on any atom is 0.257 e. The zero-order chi connectivity index (χ0) is 18.8. The van der Waals surface area contributed by atoms with Gasteiger partial charge in [-0.2, -0.15) is 0 Å². The van der Waals surface area contributed by atoms with Gasteiger partial charge in [0.05, 0.1) is 30.8 Å². The van der Waals surface area contributed by atoms with Crippen LogP contribution in [0.25, 0.3) is 11.0 Å². The number of hydrogen-bond donors (Lipinski definition) is 1. The van der Waals surface area contributed by atoms with Crippen molar-refractivity contribution in [2.45, 2.75) is 18.8 Å². The third-order valence-electron chi connectivity index (χ3n) is 5.20. The second-order valence-corrected chi connectivity index (χ2v) is 6.82. The molecule has 27 heavy (non-hydrogen) atoms. The molecule has 3 heterocycles. The molecule has 6 heteroatoms. The lowest BCUT2D eigenvalue weighted by Crippen LogP contribution is -2.39. The van der Waals surface area contributed by atoms with Gasteiger partial charge in [-0.15, -0.1) is 0 Å². The minimum Gasteiger partial charge on any atom is -0.497 e. The smallest absolute Gasteiger partial charge is 0.257 e. The maximum atomic E-state index is 13.1. The first-order valence-corrected chi connectivity index (χ1v) is 9.14. The van der Waals surface area contributed by atoms with Gasteiger partial charge >= 0.3 is 0 Å². The van der Waals surface area contributed by atoms with E-state index in [0.717, 1.165) is 36.1 Å². The van der Waals surface area contributed by atoms with Gasteiger partial charge in [0.15, 0.2) is 0 Å². The van der Waals surface area contributed by atoms with Gasteiger partial charge in [0, 0.05) is 37.0 Å². The summed E-state index contributed by atoms with van der Waals surface area (Å²) in [6.07, 6.45) is 3.82. The Balaban J connectivity index is 1.56. The van der Waals surface area contributed by atoms with Crippen LogP contribution in [-0.2, 0) is 0 Å². The van der Waals surface area contributed by atoms with E-state index in [-0.39, 0.29) is 11.8 Å². The molecular weight excluding hydrogens is 342 g/mol. The van der Waals surface area contributed by atoms with Crippen molar-refractivity contribution in [1.82, 2.24) is 14.9 Å². The number of piperidine rings is 1. The van der Waals surface area contributed by atoms with Crippen LogP contribution >= 0.6 is 0 Å². The summed E-state index contributed by atoms with van der Waals surface area (Å²) < 4.78 is 10.6. The minimum absolute atomic E-state index is 0.00607. The number of likely N-dealkylation sites (tertiary alicyclic amines) is 1. The van der Waals surface area contributed by atoms with E-state index in [4.69, 9.17) is 9.47 Å². The van der Waals surface area contributed by atoms with Crippen molar-refractivity contribution in [2.24, 2.45) is 0 Å². The van der Waals surface area contributed by atoms with Crippen molar-refractivity contribution >= 4 is 16.9 Å². The number of ether oxygens (including phenoxy) is 2. The fourth-order valence-corrected chi connectivity index (χ4v) is 3.76. The van der Waals surface area contributed by atoms with Crippen LogP contribution in [0.1, 0.15) is 34.8 Å². The largest absolute Gasteiger partial charge is 0.497 e. The average molecular weight is 365 g/mol. The van der Waals surface area contributed by atoms with Crippen LogP contribution in [0, 0.1) is 0 Å². The summed E-state index contributed by atoms with van der Waals surface area (Å²) in [4.78, 5) is 22.9. The molecule has 0 spiro atoms. The quantitative estimate of drug-likeness (QED) is 0.767. The lowest BCUT2D eigenvalue weighted by atomic mass is 9.94. The molecule has 0 unspecified atom stereocenters. The number of methoxy groups -OCH3 is 2. The van der Waals surface area contributed by atoms with Crippen molar-refractivity contribution in [3.8, 4) is 11.5 Å². The summed E-state index contributed by atoms with van der Waals surface area (Å²) in [5.41, 5.74) is 3.71. The van der Waals surface area contributed by atoms with E-state index in [1.54, 1.807) is 38.6 Å². The molecule has 1 saturated heterocycles. The Kier molecular flexibility index (Phi) is 4.71. The van der Waals surface area contributed by atoms with Crippen molar-refractivity contribution in [3.63, 3.8) is 0 Å². The Morgan fingerprint density at radius 1 is 1.22 bits per heavy atom. The lowest BCUT2D eigenvalue weighted by Gasteiger charge is -2.32. The van der Waals surface area contributed by atoms with E-state index in [1.807, 2.05) is 17.0 Å². The van der Waals surface area contributed by atoms with Crippen LogP contribution in [0.2, 0.25) is 0 Å². The van der Waals surface area contributed by atoms with E-state index in [1.165, 1.54) is 0 Å². The molecule has 0 saturated carbocycles. The topological polar surface area (TPSA) is 67.5 Å². The second-order valence-electron chi connectivity index (χ2n) is 6.82. The van der Waals surface area contributed by atoms with Gasteiger partial charge in [0.1, 0.15) is 11.5 Å². The number of fused-ring (bicyclic) bond motifs is 1. The maximum absolute atomic E-state index is 13.1. The molecule has 6 nitrogen and oxygen atoms in total. The molecule has 1 aliphatic rings. The first-order chi connectivity index (χ1) is 13.2. The number of carbonyl (C=O) groups excluding carboxylic acids is 1. The first kappa shape index (κ1) is 17.4. The number of nitrogens with zero attached hydrogens (tertiary/aromatic N) is 2. The lowest BCUT2D eigenvalue weighted by molar-refractivity contribution is 0.0702. The molecule has 1 amide bonds. The van der Waals surface area contributed by atoms with Gasteiger partial charge in [-0.1, -0.05) is 0 Å². The molecule has 3 aromatic rings. The number of nitrogens with one attached hydrogen (secondary N) is 1. The predicted octanol–water partition coefficient (Wildman–Crippen LogP) is 3.60. The van der Waals surface area contributed by atoms with Gasteiger partial charge in [0.2, 0.25) is 0 Å². The number of aromatic amines is 1. The fourth-order valence-electron chi connectivity index (χ4n) is 3.76. The van der Waals surface area contributed by atoms with Crippen LogP contribution in [0.15, 0.2) is 42.6 Å². The number of amides is 1. The molecule has 140 valence electrons. The number of rotatable bonds is 4. The van der Waals surface area contributed by atoms with E-state index in [9.17, 15) is 4.79 Å². The Morgan fingerprint density at radius 2 is 2.11 bits per heavy atom. The summed E-state index contributed by atoms with van der Waals surface area (Å²) in [5.74, 6) is 1.48. The highest BCUT2D eigenvalue weighted by atomic mass is 16.5. The summed E-state index contributed by atoms with van der Waals surface area (Å²) in [6.45, 7) is 1.43. The zero-order valence-corrected chi connectivity index (χ0v) is 15.6. The molecule has 1 fully saturated rings. The van der Waals surface area contributed by atoms with Gasteiger partial charge < -0.3 is 19.4 Å². The monoisotopic (exact) mass is 365 g/mol. The van der Waals surface area contributed by atoms with Gasteiger partial charge in [-0.25, -0.2) is 0 Å². The van der Waals surface area contributed by atoms with Crippen LogP contribution in [0.5, 0.6) is 11.5 Å². The van der Waals surface area contributed by atoms with Crippen molar-refractivity contribution < 1.29 is 14.3 Å². The number of carbonyl (C=O) groups is 1. The molecule has 1 aromatic carbocycles. The molecule has 0 aliphatic carbocycles. The molecule has 1 aliphatic heterocycles. The predicted molar refractivity (Wildman–Crippen MR) is 104 cm³/mol. The summed E-state index contributed by atoms with van der Waals surface area (Å²) in [5, 5.41) is 0. The molecule has 1 atom stereocenters. The highest BCUT2D eigenvalue weighted by molar-refractivity contribution is 5.97. The molecular formula is C21H23N3O3. The minimum atomic E-state index is -0.00607. The number of pyridine rings is 1. The van der Waals surface area contributed by atoms with Crippen LogP contribution < -0.4 is 9.47 Å². The van der Waals surface area contributed by atoms with Crippen molar-refractivity contribution in [3.05, 3.63) is 53.9 Å². The molecule has 2 aromatic heterocycles. The van der Waals surface area contributed by atoms with Crippen LogP contribution in [0.4, 0.5) is 0 Å². The Bertz CT molecular complexity index is 933. The highest BCUT2D eigenvalue weighted by Crippen LogP contribution is 2.31. The van der Waals surface area contributed by atoms with Crippen molar-refractivity contribution in [2.75, 3.05) is 27.3 Å². The van der Waals surface area contributed by atoms with Crippen LogP contribution in [0.3, 0.4) is 0 Å². The number of benzene rings is 1. The number of aromatic nitrogens is 2. The van der Waals surface area contributed by atoms with E-state index in [2.05, 4.69) is 16.0 Å². The zero-order valence-electron chi connectivity index (χ0n) is 15.6. The van der Waals surface area contributed by atoms with Gasteiger partial charge in [-0.3, -0.25) is 9.78 Å². The van der Waals surface area contributed by atoms with E-state index >= 15 is 0 Å². The van der Waals surface area contributed by atoms with Gasteiger partial charge in [-0.05, 0) is 43.2 Å². The SMILES string of the molecule is COc1ccc(C(=O)N2CCC[C@@H](c3cc4ncccc4[nH]3)C2)c(OC)c1. The summed E-state index contributed by atoms with van der Waals surface area (Å²) in [6, 6.07) is 11.4. The number of H-pyrrole nitrogens is 1. The Morgan fingerprint density at radius 3 is 2.89 bits per heavy atom. The molecule has 0 bridgehead atoms. The summed E-state index contributed by atoms with van der Waals surface area (Å²) >= 11 is 0. The van der Waals surface area contributed by atoms with Crippen molar-refractivity contribution in [1.29, 1.82) is 0 Å². The number of hydrogen-bond acceptors (Lipinski definition) is 4. The third kappa shape index (κ3) is 3.35. The highest BCUT2D eigenvalue weighted by Gasteiger charge is 2.28. The third-order valence-corrected chi connectivity index (χ3v) is 5.20. The van der Waals surface area contributed by atoms with Crippen LogP contribution in [-0.4, -0.2) is 48.1 Å². The normalized spacial score (nSPS) is 17.1. The van der Waals surface area contributed by atoms with E-state index in [0.29, 0.717) is 23.6 Å². The standard InChI is InChI=1S/C21H23N3O3/c1-26-15-7-8-16(20(11-15)27-2)21(25)24-10-4-5-14(13-24)18-12-19-17(23-18)6-3-9-22-19/h3,6-9,11-12,14,23H,4-5,10,13H2,1-2H3/t14-/m1/s1. The second kappa shape index (κ2) is 7.31. The molecule has 1 N–H and O–H groups in total. The summed E-state index contributed by atoms with van der Waals surface area (Å²) in [7, 11) is 3.17. The molecule has 4 rings (SSSR count). The van der Waals surface area contributed by atoms with E-state index < -0.39 is 0 Å². The molecule has 0 radical (unpaired) electrons. The Hall–Kier alpha value is -3.02.